The Hall–Kier alpha value is -1.27. The standard InChI is InChI=1S/C6H9N3O2S/c7-5-2-1-3-6(4-5)8-9-12(10)11/h1-4,8,12H,7H2,(H,9,10,11). The topological polar surface area (TPSA) is 84.2 Å². The molecule has 4 N–H and O–H groups in total. The van der Waals surface area contributed by atoms with Crippen LogP contribution < -0.4 is 16.0 Å². The summed E-state index contributed by atoms with van der Waals surface area (Å²) in [6, 6.07) is 6.74. The van der Waals surface area contributed by atoms with Gasteiger partial charge in [0.15, 0.2) is 0 Å². The molecule has 0 aromatic heterocycles. The van der Waals surface area contributed by atoms with E-state index in [1.165, 1.54) is 0 Å². The highest BCUT2D eigenvalue weighted by Gasteiger charge is 1.90. The first-order valence-corrected chi connectivity index (χ1v) is 4.38. The molecule has 66 valence electrons. The van der Waals surface area contributed by atoms with Crippen molar-refractivity contribution >= 4 is 22.3 Å². The lowest BCUT2D eigenvalue weighted by Gasteiger charge is -2.02. The maximum Gasteiger partial charge on any atom is 0.218 e. The molecule has 0 aliphatic rings. The molecule has 0 spiro atoms. The molecule has 0 aliphatic carbocycles. The summed E-state index contributed by atoms with van der Waals surface area (Å²) in [5.41, 5.74) is 9.08. The van der Waals surface area contributed by atoms with E-state index in [2.05, 4.69) is 5.43 Å². The lowest BCUT2D eigenvalue weighted by atomic mass is 10.3. The van der Waals surface area contributed by atoms with Crippen LogP contribution >= 0.6 is 0 Å². The van der Waals surface area contributed by atoms with Crippen molar-refractivity contribution in [1.29, 1.82) is 0 Å². The number of hydrogen-bond acceptors (Lipinski definition) is 4. The Bertz CT molecular complexity index is 329. The highest BCUT2D eigenvalue weighted by Crippen LogP contribution is 2.09. The Kier molecular flexibility index (Phi) is 2.89. The number of hydrazine groups is 1. The van der Waals surface area contributed by atoms with Crippen LogP contribution in [0.2, 0.25) is 0 Å². The molecule has 5 nitrogen and oxygen atoms in total. The maximum absolute atomic E-state index is 10.1. The molecule has 12 heavy (non-hydrogen) atoms. The Labute approximate surface area is 71.6 Å². The van der Waals surface area contributed by atoms with Crippen LogP contribution in [0.3, 0.4) is 0 Å². The summed E-state index contributed by atoms with van der Waals surface area (Å²) in [7, 11) is -2.64. The van der Waals surface area contributed by atoms with Gasteiger partial charge in [-0.25, -0.2) is 8.42 Å². The van der Waals surface area contributed by atoms with Gasteiger partial charge in [-0.1, -0.05) is 6.07 Å². The maximum atomic E-state index is 10.1. The average molecular weight is 187 g/mol. The molecule has 0 fully saturated rings. The van der Waals surface area contributed by atoms with E-state index < -0.39 is 10.9 Å². The van der Waals surface area contributed by atoms with Crippen LogP contribution in [0.5, 0.6) is 0 Å². The third-order valence-corrected chi connectivity index (χ3v) is 1.47. The second-order valence-corrected chi connectivity index (χ2v) is 2.86. The van der Waals surface area contributed by atoms with Gasteiger partial charge in [-0.2, -0.15) is 0 Å². The van der Waals surface area contributed by atoms with E-state index in [4.69, 9.17) is 5.73 Å². The van der Waals surface area contributed by atoms with Gasteiger partial charge in [0, 0.05) is 5.69 Å². The van der Waals surface area contributed by atoms with Crippen molar-refractivity contribution in [2.24, 2.45) is 0 Å². The van der Waals surface area contributed by atoms with Gasteiger partial charge in [-0.05, 0) is 18.2 Å². The SMILES string of the molecule is Nc1cccc(NN[SH](=O)=O)c1. The average Bonchev–Trinajstić information content (AvgIpc) is 2.01. The molecule has 0 saturated heterocycles. The number of rotatable bonds is 3. The van der Waals surface area contributed by atoms with Crippen molar-refractivity contribution in [3.8, 4) is 0 Å². The van der Waals surface area contributed by atoms with E-state index in [1.807, 2.05) is 4.83 Å². The molecule has 1 rings (SSSR count). The molecule has 0 bridgehead atoms. The van der Waals surface area contributed by atoms with Crippen molar-refractivity contribution in [1.82, 2.24) is 4.83 Å². The van der Waals surface area contributed by atoms with Crippen LogP contribution in [0.1, 0.15) is 0 Å². The van der Waals surface area contributed by atoms with Crippen molar-refractivity contribution in [2.45, 2.75) is 0 Å². The fourth-order valence-corrected chi connectivity index (χ4v) is 0.947. The minimum absolute atomic E-state index is 0.572. The zero-order valence-corrected chi connectivity index (χ0v) is 7.04. The molecule has 6 heteroatoms. The first-order chi connectivity index (χ1) is 5.68. The minimum Gasteiger partial charge on any atom is -0.399 e. The normalized spacial score (nSPS) is 10.1. The Balaban J connectivity index is 2.63. The molecule has 1 aromatic carbocycles. The predicted octanol–water partition coefficient (Wildman–Crippen LogP) is -0.288. The summed E-state index contributed by atoms with van der Waals surface area (Å²) >= 11 is 0. The van der Waals surface area contributed by atoms with E-state index in [1.54, 1.807) is 24.3 Å². The molecule has 0 unspecified atom stereocenters. The van der Waals surface area contributed by atoms with Gasteiger partial charge in [0.2, 0.25) is 10.9 Å². The van der Waals surface area contributed by atoms with Crippen molar-refractivity contribution in [2.75, 3.05) is 11.2 Å². The van der Waals surface area contributed by atoms with Crippen LogP contribution in [-0.4, -0.2) is 8.42 Å². The molecule has 0 aliphatic heterocycles. The van der Waals surface area contributed by atoms with E-state index in [9.17, 15) is 8.42 Å². The first-order valence-electron chi connectivity index (χ1n) is 3.20. The number of benzene rings is 1. The van der Waals surface area contributed by atoms with Crippen molar-refractivity contribution in [3.63, 3.8) is 0 Å². The summed E-state index contributed by atoms with van der Waals surface area (Å²) < 4.78 is 20.2. The van der Waals surface area contributed by atoms with Crippen LogP contribution in [0.15, 0.2) is 24.3 Å². The number of nitrogens with one attached hydrogen (secondary N) is 2. The third-order valence-electron chi connectivity index (χ3n) is 1.18. The minimum atomic E-state index is -2.64. The Morgan fingerprint density at radius 3 is 2.67 bits per heavy atom. The van der Waals surface area contributed by atoms with Gasteiger partial charge in [0.1, 0.15) is 0 Å². The van der Waals surface area contributed by atoms with Crippen LogP contribution in [-0.2, 0) is 10.9 Å². The van der Waals surface area contributed by atoms with E-state index >= 15 is 0 Å². The Morgan fingerprint density at radius 2 is 2.08 bits per heavy atom. The van der Waals surface area contributed by atoms with Gasteiger partial charge < -0.3 is 11.2 Å². The fraction of sp³-hybridized carbons (Fsp3) is 0. The predicted molar refractivity (Wildman–Crippen MR) is 47.9 cm³/mol. The Morgan fingerprint density at radius 1 is 1.33 bits per heavy atom. The number of hydrogen-bond donors (Lipinski definition) is 4. The van der Waals surface area contributed by atoms with Crippen LogP contribution in [0.25, 0.3) is 0 Å². The molecule has 1 aromatic rings. The summed E-state index contributed by atoms with van der Waals surface area (Å²) in [6.07, 6.45) is 0. The van der Waals surface area contributed by atoms with Gasteiger partial charge in [0.25, 0.3) is 0 Å². The smallest absolute Gasteiger partial charge is 0.218 e. The summed E-state index contributed by atoms with van der Waals surface area (Å²) in [6.45, 7) is 0. The molecule has 0 atom stereocenters. The quantitative estimate of drug-likeness (QED) is 0.298. The first kappa shape index (κ1) is 8.82. The monoisotopic (exact) mass is 187 g/mol. The third kappa shape index (κ3) is 2.77. The zero-order valence-electron chi connectivity index (χ0n) is 6.15. The van der Waals surface area contributed by atoms with Gasteiger partial charge in [0.05, 0.1) is 5.69 Å². The second-order valence-electron chi connectivity index (χ2n) is 2.12. The number of anilines is 2. The lowest BCUT2D eigenvalue weighted by molar-refractivity contribution is 0.607. The summed E-state index contributed by atoms with van der Waals surface area (Å²) in [4.78, 5) is 2.04. The highest BCUT2D eigenvalue weighted by molar-refractivity contribution is 7.70. The van der Waals surface area contributed by atoms with E-state index in [0.29, 0.717) is 11.4 Å². The van der Waals surface area contributed by atoms with E-state index in [-0.39, 0.29) is 0 Å². The second kappa shape index (κ2) is 3.93. The molecule has 0 heterocycles. The molecule has 0 saturated carbocycles. The largest absolute Gasteiger partial charge is 0.399 e. The van der Waals surface area contributed by atoms with Crippen LogP contribution in [0, 0.1) is 0 Å². The lowest BCUT2D eigenvalue weighted by Crippen LogP contribution is -2.19. The number of nitrogens with two attached hydrogens (primary N) is 1. The fourth-order valence-electron chi connectivity index (χ4n) is 0.727. The van der Waals surface area contributed by atoms with E-state index in [0.717, 1.165) is 0 Å². The zero-order chi connectivity index (χ0) is 8.97. The van der Waals surface area contributed by atoms with Gasteiger partial charge in [-0.15, -0.1) is 4.83 Å². The number of thiol groups is 1. The molecule has 0 radical (unpaired) electrons. The molecule has 0 amide bonds. The summed E-state index contributed by atoms with van der Waals surface area (Å²) in [5, 5.41) is 0. The van der Waals surface area contributed by atoms with Gasteiger partial charge >= 0.3 is 0 Å². The molecular formula is C6H9N3O2S. The van der Waals surface area contributed by atoms with Crippen molar-refractivity contribution in [3.05, 3.63) is 24.3 Å². The highest BCUT2D eigenvalue weighted by atomic mass is 32.2. The summed E-state index contributed by atoms with van der Waals surface area (Å²) in [5.74, 6) is 0. The molecular weight excluding hydrogens is 178 g/mol. The number of nitrogen functional groups attached to an aromatic ring is 1. The van der Waals surface area contributed by atoms with Gasteiger partial charge in [-0.3, -0.25) is 0 Å². The van der Waals surface area contributed by atoms with Crippen molar-refractivity contribution < 1.29 is 8.42 Å². The van der Waals surface area contributed by atoms with Crippen LogP contribution in [0.4, 0.5) is 11.4 Å².